The van der Waals surface area contributed by atoms with Crippen LogP contribution in [0.15, 0.2) is 34.4 Å². The molecule has 0 aliphatic rings. The zero-order chi connectivity index (χ0) is 19.2. The van der Waals surface area contributed by atoms with Crippen molar-refractivity contribution in [3.63, 3.8) is 0 Å². The van der Waals surface area contributed by atoms with Crippen LogP contribution in [-0.4, -0.2) is 52.5 Å². The fourth-order valence-electron chi connectivity index (χ4n) is 2.58. The lowest BCUT2D eigenvalue weighted by Gasteiger charge is -2.11. The Labute approximate surface area is 156 Å². The number of anilines is 1. The van der Waals surface area contributed by atoms with E-state index in [1.54, 1.807) is 13.2 Å². The van der Waals surface area contributed by atoms with Gasteiger partial charge < -0.3 is 15.8 Å². The molecule has 27 heavy (non-hydrogen) atoms. The number of hydrogen-bond donors (Lipinski definition) is 3. The number of aryl methyl sites for hydroxylation is 1. The van der Waals surface area contributed by atoms with Crippen LogP contribution >= 0.6 is 0 Å². The highest BCUT2D eigenvalue weighted by atomic mass is 16.5. The van der Waals surface area contributed by atoms with E-state index in [9.17, 15) is 0 Å². The molecule has 0 radical (unpaired) electrons. The van der Waals surface area contributed by atoms with Gasteiger partial charge in [0.15, 0.2) is 0 Å². The van der Waals surface area contributed by atoms with E-state index in [-0.39, 0.29) is 0 Å². The topological polar surface area (TPSA) is 126 Å². The second kappa shape index (κ2) is 8.26. The molecule has 3 heterocycles. The van der Waals surface area contributed by atoms with Crippen molar-refractivity contribution in [1.82, 2.24) is 20.2 Å². The average molecular weight is 366 g/mol. The normalized spacial score (nSPS) is 12.0. The van der Waals surface area contributed by atoms with E-state index >= 15 is 0 Å². The molecule has 0 amide bonds. The SMILES string of the molecule is CCOc1ncccc1-c1cc(NCC(N)=NC=NC)c2n[nH]c(C)c2n1. The maximum absolute atomic E-state index is 5.89. The first-order valence-electron chi connectivity index (χ1n) is 8.54. The van der Waals surface area contributed by atoms with Gasteiger partial charge in [0.25, 0.3) is 0 Å². The molecule has 3 aromatic heterocycles. The number of aliphatic imine (C=N–C) groups is 2. The van der Waals surface area contributed by atoms with E-state index in [0.717, 1.165) is 33.7 Å². The van der Waals surface area contributed by atoms with E-state index in [2.05, 4.69) is 30.5 Å². The molecule has 9 heteroatoms. The smallest absolute Gasteiger partial charge is 0.222 e. The van der Waals surface area contributed by atoms with Crippen molar-refractivity contribution in [2.75, 3.05) is 25.5 Å². The number of nitrogens with one attached hydrogen (secondary N) is 2. The zero-order valence-electron chi connectivity index (χ0n) is 15.5. The summed E-state index contributed by atoms with van der Waals surface area (Å²) in [6.07, 6.45) is 3.11. The molecule has 3 rings (SSSR count). The fraction of sp³-hybridized carbons (Fsp3) is 0.278. The van der Waals surface area contributed by atoms with Crippen LogP contribution < -0.4 is 15.8 Å². The maximum Gasteiger partial charge on any atom is 0.222 e. The second-order valence-corrected chi connectivity index (χ2v) is 5.74. The van der Waals surface area contributed by atoms with Crippen molar-refractivity contribution < 1.29 is 4.74 Å². The maximum atomic E-state index is 5.89. The third-order valence-corrected chi connectivity index (χ3v) is 3.81. The molecular formula is C18H22N8O. The van der Waals surface area contributed by atoms with E-state index < -0.39 is 0 Å². The number of amidine groups is 1. The summed E-state index contributed by atoms with van der Waals surface area (Å²) in [5.74, 6) is 0.954. The number of nitrogens with zero attached hydrogens (tertiary/aromatic N) is 5. The minimum Gasteiger partial charge on any atom is -0.477 e. The monoisotopic (exact) mass is 366 g/mol. The van der Waals surface area contributed by atoms with Crippen LogP contribution in [0.5, 0.6) is 5.88 Å². The van der Waals surface area contributed by atoms with Crippen LogP contribution in [-0.2, 0) is 0 Å². The average Bonchev–Trinajstić information content (AvgIpc) is 3.06. The minimum absolute atomic E-state index is 0.349. The predicted octanol–water partition coefficient (Wildman–Crippen LogP) is 2.15. The molecular weight excluding hydrogens is 344 g/mol. The van der Waals surface area contributed by atoms with Gasteiger partial charge in [-0.2, -0.15) is 5.10 Å². The highest BCUT2D eigenvalue weighted by molar-refractivity contribution is 5.95. The van der Waals surface area contributed by atoms with Gasteiger partial charge in [0, 0.05) is 13.2 Å². The number of nitrogens with two attached hydrogens (primary N) is 1. The Kier molecular flexibility index (Phi) is 5.60. The lowest BCUT2D eigenvalue weighted by molar-refractivity contribution is 0.328. The first-order valence-corrected chi connectivity index (χ1v) is 8.54. The Morgan fingerprint density at radius 1 is 1.41 bits per heavy atom. The summed E-state index contributed by atoms with van der Waals surface area (Å²) in [7, 11) is 1.64. The Balaban J connectivity index is 2.04. The van der Waals surface area contributed by atoms with Gasteiger partial charge in [0.05, 0.1) is 35.8 Å². The Morgan fingerprint density at radius 3 is 3.04 bits per heavy atom. The fourth-order valence-corrected chi connectivity index (χ4v) is 2.58. The van der Waals surface area contributed by atoms with Gasteiger partial charge in [-0.15, -0.1) is 0 Å². The molecule has 0 atom stereocenters. The van der Waals surface area contributed by atoms with Gasteiger partial charge in [-0.05, 0) is 32.0 Å². The van der Waals surface area contributed by atoms with Gasteiger partial charge in [0.2, 0.25) is 5.88 Å². The van der Waals surface area contributed by atoms with Crippen LogP contribution in [0.4, 0.5) is 5.69 Å². The number of fused-ring (bicyclic) bond motifs is 1. The van der Waals surface area contributed by atoms with Crippen LogP contribution in [0.25, 0.3) is 22.3 Å². The first kappa shape index (κ1) is 18.3. The van der Waals surface area contributed by atoms with Gasteiger partial charge in [-0.1, -0.05) is 0 Å². The van der Waals surface area contributed by atoms with Crippen molar-refractivity contribution in [3.05, 3.63) is 30.1 Å². The molecule has 0 unspecified atom stereocenters. The predicted molar refractivity (Wildman–Crippen MR) is 108 cm³/mol. The second-order valence-electron chi connectivity index (χ2n) is 5.74. The summed E-state index contributed by atoms with van der Waals surface area (Å²) < 4.78 is 5.65. The molecule has 3 aromatic rings. The van der Waals surface area contributed by atoms with Crippen LogP contribution in [0.2, 0.25) is 0 Å². The number of rotatable bonds is 7. The lowest BCUT2D eigenvalue weighted by Crippen LogP contribution is -2.23. The van der Waals surface area contributed by atoms with Gasteiger partial charge in [0.1, 0.15) is 23.2 Å². The van der Waals surface area contributed by atoms with Crippen LogP contribution in [0, 0.1) is 6.92 Å². The summed E-state index contributed by atoms with van der Waals surface area (Å²) >= 11 is 0. The number of aromatic nitrogens is 4. The summed E-state index contributed by atoms with van der Waals surface area (Å²) in [5.41, 5.74) is 10.6. The van der Waals surface area contributed by atoms with Crippen molar-refractivity contribution in [3.8, 4) is 17.1 Å². The van der Waals surface area contributed by atoms with Gasteiger partial charge in [-0.3, -0.25) is 10.1 Å². The highest BCUT2D eigenvalue weighted by Crippen LogP contribution is 2.32. The first-order chi connectivity index (χ1) is 13.1. The summed E-state index contributed by atoms with van der Waals surface area (Å²) in [6.45, 7) is 4.72. The molecule has 0 aromatic carbocycles. The van der Waals surface area contributed by atoms with Gasteiger partial charge >= 0.3 is 0 Å². The molecule has 0 saturated heterocycles. The highest BCUT2D eigenvalue weighted by Gasteiger charge is 2.15. The number of H-pyrrole nitrogens is 1. The molecule has 0 spiro atoms. The summed E-state index contributed by atoms with van der Waals surface area (Å²) in [5, 5.41) is 10.6. The third kappa shape index (κ3) is 4.02. The Hall–Kier alpha value is -3.49. The quantitative estimate of drug-likeness (QED) is 0.434. The summed E-state index contributed by atoms with van der Waals surface area (Å²) in [6, 6.07) is 5.69. The van der Waals surface area contributed by atoms with Crippen molar-refractivity contribution in [2.24, 2.45) is 15.7 Å². The van der Waals surface area contributed by atoms with Crippen molar-refractivity contribution in [2.45, 2.75) is 13.8 Å². The number of ether oxygens (including phenoxy) is 1. The summed E-state index contributed by atoms with van der Waals surface area (Å²) in [4.78, 5) is 16.9. The molecule has 0 saturated carbocycles. The van der Waals surface area contributed by atoms with E-state index in [1.807, 2.05) is 32.0 Å². The van der Waals surface area contributed by atoms with Gasteiger partial charge in [-0.25, -0.2) is 15.0 Å². The molecule has 0 bridgehead atoms. The molecule has 140 valence electrons. The molecule has 0 aliphatic carbocycles. The zero-order valence-corrected chi connectivity index (χ0v) is 15.5. The minimum atomic E-state index is 0.349. The number of aromatic amines is 1. The molecule has 0 fully saturated rings. The molecule has 0 aliphatic heterocycles. The van der Waals surface area contributed by atoms with E-state index in [4.69, 9.17) is 15.5 Å². The Morgan fingerprint density at radius 2 is 2.26 bits per heavy atom. The standard InChI is InChI=1S/C18H22N8O/c1-4-27-18-12(6-5-7-21-18)13-8-14(22-9-15(19)23-10-20-3)17-16(24-13)11(2)25-26-17/h5-8,10H,4,9H2,1-3H3,(H,22,24)(H,25,26)(H2,19,20,23). The number of pyridine rings is 2. The largest absolute Gasteiger partial charge is 0.477 e. The van der Waals surface area contributed by atoms with Crippen LogP contribution in [0.3, 0.4) is 0 Å². The molecule has 9 nitrogen and oxygen atoms in total. The third-order valence-electron chi connectivity index (χ3n) is 3.81. The van der Waals surface area contributed by atoms with Crippen LogP contribution in [0.1, 0.15) is 12.6 Å². The van der Waals surface area contributed by atoms with E-state index in [0.29, 0.717) is 24.9 Å². The van der Waals surface area contributed by atoms with E-state index in [1.165, 1.54) is 6.34 Å². The van der Waals surface area contributed by atoms with Crippen molar-refractivity contribution >= 4 is 28.9 Å². The lowest BCUT2D eigenvalue weighted by atomic mass is 10.1. The molecule has 4 N–H and O–H groups in total. The number of hydrogen-bond acceptors (Lipinski definition) is 6. The van der Waals surface area contributed by atoms with Crippen molar-refractivity contribution in [1.29, 1.82) is 0 Å². The Bertz CT molecular complexity index is 992.